The van der Waals surface area contributed by atoms with Gasteiger partial charge in [-0.05, 0) is 43.6 Å². The van der Waals surface area contributed by atoms with E-state index in [0.717, 1.165) is 12.1 Å². The summed E-state index contributed by atoms with van der Waals surface area (Å²) in [5, 5.41) is 9.50. The van der Waals surface area contributed by atoms with Crippen molar-refractivity contribution in [3.63, 3.8) is 0 Å². The van der Waals surface area contributed by atoms with Crippen LogP contribution in [-0.4, -0.2) is 23.1 Å². The number of nitrogens with two attached hydrogens (primary N) is 1. The van der Waals surface area contributed by atoms with Crippen LogP contribution in [0.3, 0.4) is 0 Å². The molecule has 0 radical (unpaired) electrons. The molecule has 2 rings (SSSR count). The lowest BCUT2D eigenvalue weighted by Gasteiger charge is -2.15. The number of benzene rings is 1. The van der Waals surface area contributed by atoms with Gasteiger partial charge >= 0.3 is 0 Å². The summed E-state index contributed by atoms with van der Waals surface area (Å²) in [4.78, 5) is 2.44. The van der Waals surface area contributed by atoms with Gasteiger partial charge < -0.3 is 10.8 Å². The summed E-state index contributed by atoms with van der Waals surface area (Å²) in [6.07, 6.45) is 2.61. The molecule has 1 aliphatic heterocycles. The molecule has 0 saturated carbocycles. The zero-order valence-electron chi connectivity index (χ0n) is 8.95. The number of phenols is 1. The van der Waals surface area contributed by atoms with E-state index in [4.69, 9.17) is 5.73 Å². The highest BCUT2D eigenvalue weighted by molar-refractivity contribution is 5.36. The molecular formula is C12H18N2O. The quantitative estimate of drug-likeness (QED) is 0.787. The van der Waals surface area contributed by atoms with Crippen LogP contribution in [-0.2, 0) is 13.1 Å². The molecule has 0 atom stereocenters. The molecule has 0 bridgehead atoms. The molecule has 1 aromatic carbocycles. The van der Waals surface area contributed by atoms with Gasteiger partial charge in [-0.15, -0.1) is 0 Å². The molecule has 0 unspecified atom stereocenters. The van der Waals surface area contributed by atoms with Gasteiger partial charge in [-0.3, -0.25) is 4.90 Å². The van der Waals surface area contributed by atoms with Crippen LogP contribution < -0.4 is 5.73 Å². The summed E-state index contributed by atoms with van der Waals surface area (Å²) in [5.41, 5.74) is 7.64. The van der Waals surface area contributed by atoms with Crippen molar-refractivity contribution in [1.29, 1.82) is 0 Å². The number of likely N-dealkylation sites (tertiary alicyclic amines) is 1. The Balaban J connectivity index is 2.07. The zero-order valence-corrected chi connectivity index (χ0v) is 8.95. The van der Waals surface area contributed by atoms with E-state index in [9.17, 15) is 5.11 Å². The van der Waals surface area contributed by atoms with Crippen LogP contribution in [0.15, 0.2) is 18.2 Å². The summed E-state index contributed by atoms with van der Waals surface area (Å²) in [7, 11) is 0. The summed E-state index contributed by atoms with van der Waals surface area (Å²) in [6, 6.07) is 5.73. The van der Waals surface area contributed by atoms with Crippen LogP contribution in [0.2, 0.25) is 0 Å². The summed E-state index contributed by atoms with van der Waals surface area (Å²) in [5.74, 6) is 0.308. The summed E-state index contributed by atoms with van der Waals surface area (Å²) < 4.78 is 0. The third-order valence-corrected chi connectivity index (χ3v) is 2.97. The van der Waals surface area contributed by atoms with Crippen molar-refractivity contribution in [2.75, 3.05) is 13.1 Å². The van der Waals surface area contributed by atoms with Gasteiger partial charge in [0.05, 0.1) is 0 Å². The topological polar surface area (TPSA) is 49.5 Å². The van der Waals surface area contributed by atoms with Crippen molar-refractivity contribution in [1.82, 2.24) is 4.90 Å². The second-order valence-corrected chi connectivity index (χ2v) is 4.15. The van der Waals surface area contributed by atoms with Crippen molar-refractivity contribution >= 4 is 0 Å². The Labute approximate surface area is 90.5 Å². The van der Waals surface area contributed by atoms with Crippen molar-refractivity contribution in [3.05, 3.63) is 29.3 Å². The van der Waals surface area contributed by atoms with E-state index in [1.54, 1.807) is 6.07 Å². The maximum atomic E-state index is 9.50. The Hall–Kier alpha value is -1.06. The van der Waals surface area contributed by atoms with E-state index in [1.165, 1.54) is 31.5 Å². The average Bonchev–Trinajstić information content (AvgIpc) is 2.73. The first-order valence-electron chi connectivity index (χ1n) is 5.53. The van der Waals surface area contributed by atoms with Crippen LogP contribution in [0.4, 0.5) is 0 Å². The number of aromatic hydroxyl groups is 1. The van der Waals surface area contributed by atoms with Gasteiger partial charge in [0.15, 0.2) is 0 Å². The average molecular weight is 206 g/mol. The zero-order chi connectivity index (χ0) is 10.7. The minimum atomic E-state index is 0.308. The molecule has 0 amide bonds. The molecule has 3 heteroatoms. The predicted molar refractivity (Wildman–Crippen MR) is 60.5 cm³/mol. The van der Waals surface area contributed by atoms with E-state index in [-0.39, 0.29) is 0 Å². The largest absolute Gasteiger partial charge is 0.508 e. The highest BCUT2D eigenvalue weighted by Gasteiger charge is 2.12. The van der Waals surface area contributed by atoms with Gasteiger partial charge in [0.2, 0.25) is 0 Å². The molecule has 0 spiro atoms. The van der Waals surface area contributed by atoms with Gasteiger partial charge in [0.25, 0.3) is 0 Å². The second kappa shape index (κ2) is 4.64. The standard InChI is InChI=1S/C12H18N2O/c13-8-11-7-10(3-4-12(11)15)9-14-5-1-2-6-14/h3-4,7,15H,1-2,5-6,8-9,13H2. The Kier molecular flexibility index (Phi) is 3.23. The summed E-state index contributed by atoms with van der Waals surface area (Å²) in [6.45, 7) is 3.77. The van der Waals surface area contributed by atoms with Crippen LogP contribution in [0, 0.1) is 0 Å². The predicted octanol–water partition coefficient (Wildman–Crippen LogP) is 1.45. The molecule has 1 heterocycles. The van der Waals surface area contributed by atoms with Crippen molar-refractivity contribution in [2.24, 2.45) is 5.73 Å². The Morgan fingerprint density at radius 3 is 2.67 bits per heavy atom. The first-order chi connectivity index (χ1) is 7.29. The number of hydrogen-bond donors (Lipinski definition) is 2. The van der Waals surface area contributed by atoms with E-state index in [0.29, 0.717) is 12.3 Å². The Morgan fingerprint density at radius 1 is 1.27 bits per heavy atom. The maximum Gasteiger partial charge on any atom is 0.120 e. The van der Waals surface area contributed by atoms with Crippen LogP contribution in [0.1, 0.15) is 24.0 Å². The second-order valence-electron chi connectivity index (χ2n) is 4.15. The normalized spacial score (nSPS) is 17.1. The van der Waals surface area contributed by atoms with Gasteiger partial charge in [-0.2, -0.15) is 0 Å². The molecule has 0 aliphatic carbocycles. The summed E-state index contributed by atoms with van der Waals surface area (Å²) >= 11 is 0. The molecule has 3 nitrogen and oxygen atoms in total. The van der Waals surface area contributed by atoms with Crippen molar-refractivity contribution in [2.45, 2.75) is 25.9 Å². The molecule has 1 fully saturated rings. The minimum absolute atomic E-state index is 0.308. The third-order valence-electron chi connectivity index (χ3n) is 2.97. The molecule has 3 N–H and O–H groups in total. The van der Waals surface area contributed by atoms with Gasteiger partial charge in [-0.25, -0.2) is 0 Å². The van der Waals surface area contributed by atoms with Gasteiger partial charge in [0.1, 0.15) is 5.75 Å². The fourth-order valence-corrected chi connectivity index (χ4v) is 2.10. The SMILES string of the molecule is NCc1cc(CN2CCCC2)ccc1O. The van der Waals surface area contributed by atoms with E-state index in [2.05, 4.69) is 4.90 Å². The van der Waals surface area contributed by atoms with Crippen LogP contribution in [0.25, 0.3) is 0 Å². The maximum absolute atomic E-state index is 9.50. The monoisotopic (exact) mass is 206 g/mol. The van der Waals surface area contributed by atoms with Gasteiger partial charge in [0, 0.05) is 18.7 Å². The Morgan fingerprint density at radius 2 is 2.00 bits per heavy atom. The van der Waals surface area contributed by atoms with Crippen LogP contribution in [0.5, 0.6) is 5.75 Å². The Bertz CT molecular complexity index is 332. The van der Waals surface area contributed by atoms with Crippen molar-refractivity contribution in [3.8, 4) is 5.75 Å². The lowest BCUT2D eigenvalue weighted by atomic mass is 10.1. The number of phenolic OH excluding ortho intramolecular Hbond substituents is 1. The lowest BCUT2D eigenvalue weighted by molar-refractivity contribution is 0.331. The lowest BCUT2D eigenvalue weighted by Crippen LogP contribution is -2.18. The molecule has 1 aromatic rings. The molecule has 15 heavy (non-hydrogen) atoms. The van der Waals surface area contributed by atoms with Gasteiger partial charge in [-0.1, -0.05) is 6.07 Å². The molecule has 82 valence electrons. The van der Waals surface area contributed by atoms with E-state index in [1.807, 2.05) is 12.1 Å². The first kappa shape index (κ1) is 10.5. The number of nitrogens with zero attached hydrogens (tertiary/aromatic N) is 1. The fourth-order valence-electron chi connectivity index (χ4n) is 2.10. The smallest absolute Gasteiger partial charge is 0.120 e. The molecule has 1 saturated heterocycles. The number of rotatable bonds is 3. The minimum Gasteiger partial charge on any atom is -0.508 e. The molecular weight excluding hydrogens is 188 g/mol. The number of hydrogen-bond acceptors (Lipinski definition) is 3. The highest BCUT2D eigenvalue weighted by Crippen LogP contribution is 2.20. The highest BCUT2D eigenvalue weighted by atomic mass is 16.3. The molecule has 0 aromatic heterocycles. The fraction of sp³-hybridized carbons (Fsp3) is 0.500. The van der Waals surface area contributed by atoms with E-state index < -0.39 is 0 Å². The van der Waals surface area contributed by atoms with Crippen molar-refractivity contribution < 1.29 is 5.11 Å². The van der Waals surface area contributed by atoms with E-state index >= 15 is 0 Å². The third kappa shape index (κ3) is 2.49. The molecule has 1 aliphatic rings. The first-order valence-corrected chi connectivity index (χ1v) is 5.53. The van der Waals surface area contributed by atoms with Crippen LogP contribution >= 0.6 is 0 Å².